The molecule has 1 aliphatic rings. The summed E-state index contributed by atoms with van der Waals surface area (Å²) >= 11 is 0. The molecule has 2 atom stereocenters. The molecule has 3 N–H and O–H groups in total. The summed E-state index contributed by atoms with van der Waals surface area (Å²) in [5.74, 6) is 0.828. The predicted octanol–water partition coefficient (Wildman–Crippen LogP) is 3.26. The highest BCUT2D eigenvalue weighted by molar-refractivity contribution is 5.94. The molecule has 1 aliphatic carbocycles. The third-order valence-corrected chi connectivity index (χ3v) is 4.07. The number of nitrogen functional groups attached to an aromatic ring is 1. The zero-order valence-electron chi connectivity index (χ0n) is 11.4. The number of aryl methyl sites for hydroxylation is 2. The van der Waals surface area contributed by atoms with E-state index in [0.717, 1.165) is 35.3 Å². The lowest BCUT2D eigenvalue weighted by molar-refractivity contribution is -0.120. The van der Waals surface area contributed by atoms with Gasteiger partial charge in [-0.05, 0) is 55.9 Å². The fourth-order valence-electron chi connectivity index (χ4n) is 2.73. The molecule has 1 amide bonds. The minimum Gasteiger partial charge on any atom is -0.399 e. The van der Waals surface area contributed by atoms with Crippen LogP contribution < -0.4 is 11.1 Å². The van der Waals surface area contributed by atoms with Crippen molar-refractivity contribution < 1.29 is 4.79 Å². The van der Waals surface area contributed by atoms with Crippen LogP contribution in [0.2, 0.25) is 0 Å². The van der Waals surface area contributed by atoms with E-state index in [1.54, 1.807) is 0 Å². The molecule has 0 spiro atoms. The van der Waals surface area contributed by atoms with Gasteiger partial charge in [0.15, 0.2) is 0 Å². The van der Waals surface area contributed by atoms with Crippen LogP contribution in [0.3, 0.4) is 0 Å². The van der Waals surface area contributed by atoms with Gasteiger partial charge in [0.2, 0.25) is 5.91 Å². The molecule has 18 heavy (non-hydrogen) atoms. The molecule has 98 valence electrons. The SMILES string of the molecule is Cc1cc(NC(=O)C2CCCC2C)c(C)cc1N. The summed E-state index contributed by atoms with van der Waals surface area (Å²) in [5.41, 5.74) is 9.56. The highest BCUT2D eigenvalue weighted by atomic mass is 16.1. The zero-order valence-corrected chi connectivity index (χ0v) is 11.4. The first-order valence-corrected chi connectivity index (χ1v) is 6.66. The van der Waals surface area contributed by atoms with Crippen molar-refractivity contribution in [3.63, 3.8) is 0 Å². The first-order chi connectivity index (χ1) is 8.49. The van der Waals surface area contributed by atoms with Crippen molar-refractivity contribution in [1.29, 1.82) is 0 Å². The monoisotopic (exact) mass is 246 g/mol. The Balaban J connectivity index is 2.14. The van der Waals surface area contributed by atoms with Crippen LogP contribution in [0.15, 0.2) is 12.1 Å². The minimum absolute atomic E-state index is 0.160. The summed E-state index contributed by atoms with van der Waals surface area (Å²) in [4.78, 5) is 12.2. The third kappa shape index (κ3) is 2.50. The van der Waals surface area contributed by atoms with E-state index in [-0.39, 0.29) is 11.8 Å². The van der Waals surface area contributed by atoms with E-state index < -0.39 is 0 Å². The highest BCUT2D eigenvalue weighted by Gasteiger charge is 2.29. The Morgan fingerprint density at radius 1 is 1.28 bits per heavy atom. The Morgan fingerprint density at radius 2 is 2.00 bits per heavy atom. The zero-order chi connectivity index (χ0) is 13.3. The summed E-state index contributed by atoms with van der Waals surface area (Å²) in [7, 11) is 0. The third-order valence-electron chi connectivity index (χ3n) is 4.07. The van der Waals surface area contributed by atoms with E-state index in [1.165, 1.54) is 6.42 Å². The molecule has 0 heterocycles. The molecule has 0 saturated heterocycles. The number of hydrogen-bond donors (Lipinski definition) is 2. The summed E-state index contributed by atoms with van der Waals surface area (Å²) in [5, 5.41) is 3.06. The first kappa shape index (κ1) is 12.9. The molecule has 2 rings (SSSR count). The van der Waals surface area contributed by atoms with Gasteiger partial charge in [-0.2, -0.15) is 0 Å². The summed E-state index contributed by atoms with van der Waals surface area (Å²) in [6.45, 7) is 6.10. The number of anilines is 2. The maximum absolute atomic E-state index is 12.2. The van der Waals surface area contributed by atoms with Crippen molar-refractivity contribution in [2.24, 2.45) is 11.8 Å². The fraction of sp³-hybridized carbons (Fsp3) is 0.533. The Labute approximate surface area is 109 Å². The molecule has 0 radical (unpaired) electrons. The second kappa shape index (κ2) is 5.01. The van der Waals surface area contributed by atoms with E-state index in [2.05, 4.69) is 12.2 Å². The van der Waals surface area contributed by atoms with Crippen LogP contribution >= 0.6 is 0 Å². The number of carbonyl (C=O) groups excluding carboxylic acids is 1. The fourth-order valence-corrected chi connectivity index (χ4v) is 2.73. The molecule has 1 aromatic rings. The number of nitrogens with one attached hydrogen (secondary N) is 1. The number of carbonyl (C=O) groups is 1. The molecule has 1 saturated carbocycles. The highest BCUT2D eigenvalue weighted by Crippen LogP contribution is 2.32. The van der Waals surface area contributed by atoms with Gasteiger partial charge in [0.05, 0.1) is 0 Å². The molecule has 0 bridgehead atoms. The molecule has 0 aliphatic heterocycles. The minimum atomic E-state index is 0.160. The van der Waals surface area contributed by atoms with Crippen molar-refractivity contribution in [3.05, 3.63) is 23.3 Å². The number of amides is 1. The topological polar surface area (TPSA) is 55.1 Å². The normalized spacial score (nSPS) is 23.1. The Kier molecular flexibility index (Phi) is 3.60. The van der Waals surface area contributed by atoms with Crippen molar-refractivity contribution in [1.82, 2.24) is 0 Å². The van der Waals surface area contributed by atoms with Crippen LogP contribution in [0.25, 0.3) is 0 Å². The van der Waals surface area contributed by atoms with E-state index in [0.29, 0.717) is 5.92 Å². The average molecular weight is 246 g/mol. The van der Waals surface area contributed by atoms with Gasteiger partial charge in [0, 0.05) is 17.3 Å². The largest absolute Gasteiger partial charge is 0.399 e. The second-order valence-electron chi connectivity index (χ2n) is 5.53. The van der Waals surface area contributed by atoms with Crippen molar-refractivity contribution in [2.45, 2.75) is 40.0 Å². The van der Waals surface area contributed by atoms with Crippen molar-refractivity contribution in [3.8, 4) is 0 Å². The van der Waals surface area contributed by atoms with Gasteiger partial charge in [-0.1, -0.05) is 13.3 Å². The van der Waals surface area contributed by atoms with Gasteiger partial charge < -0.3 is 11.1 Å². The average Bonchev–Trinajstić information content (AvgIpc) is 2.72. The smallest absolute Gasteiger partial charge is 0.227 e. The van der Waals surface area contributed by atoms with Crippen LogP contribution in [0, 0.1) is 25.7 Å². The van der Waals surface area contributed by atoms with Crippen LogP contribution in [0.5, 0.6) is 0 Å². The Bertz CT molecular complexity index is 468. The predicted molar refractivity (Wildman–Crippen MR) is 75.5 cm³/mol. The van der Waals surface area contributed by atoms with Crippen molar-refractivity contribution in [2.75, 3.05) is 11.1 Å². The van der Waals surface area contributed by atoms with Gasteiger partial charge in [-0.25, -0.2) is 0 Å². The number of benzene rings is 1. The van der Waals surface area contributed by atoms with Gasteiger partial charge in [-0.15, -0.1) is 0 Å². The molecule has 3 nitrogen and oxygen atoms in total. The van der Waals surface area contributed by atoms with E-state index >= 15 is 0 Å². The van der Waals surface area contributed by atoms with Gasteiger partial charge in [0.1, 0.15) is 0 Å². The van der Waals surface area contributed by atoms with E-state index in [1.807, 2.05) is 26.0 Å². The summed E-state index contributed by atoms with van der Waals surface area (Å²) < 4.78 is 0. The molecule has 3 heteroatoms. The van der Waals surface area contributed by atoms with Gasteiger partial charge in [-0.3, -0.25) is 4.79 Å². The lowest BCUT2D eigenvalue weighted by Crippen LogP contribution is -2.25. The Hall–Kier alpha value is -1.51. The lowest BCUT2D eigenvalue weighted by atomic mass is 9.97. The molecule has 1 fully saturated rings. The van der Waals surface area contributed by atoms with Crippen LogP contribution in [0.4, 0.5) is 11.4 Å². The van der Waals surface area contributed by atoms with E-state index in [4.69, 9.17) is 5.73 Å². The van der Waals surface area contributed by atoms with Crippen LogP contribution in [0.1, 0.15) is 37.3 Å². The standard InChI is InChI=1S/C15H22N2O/c1-9-5-4-6-12(9)15(18)17-14-8-10(2)13(16)7-11(14)3/h7-9,12H,4-6,16H2,1-3H3,(H,17,18). The van der Waals surface area contributed by atoms with Crippen LogP contribution in [-0.2, 0) is 4.79 Å². The lowest BCUT2D eigenvalue weighted by Gasteiger charge is -2.17. The molecular formula is C15H22N2O. The molecule has 0 aromatic heterocycles. The molecule has 1 aromatic carbocycles. The van der Waals surface area contributed by atoms with Crippen LogP contribution in [-0.4, -0.2) is 5.91 Å². The quantitative estimate of drug-likeness (QED) is 0.787. The number of hydrogen-bond acceptors (Lipinski definition) is 2. The Morgan fingerprint density at radius 3 is 2.61 bits per heavy atom. The van der Waals surface area contributed by atoms with Gasteiger partial charge in [0.25, 0.3) is 0 Å². The maximum Gasteiger partial charge on any atom is 0.227 e. The van der Waals surface area contributed by atoms with Gasteiger partial charge >= 0.3 is 0 Å². The summed E-state index contributed by atoms with van der Waals surface area (Å²) in [6, 6.07) is 3.88. The summed E-state index contributed by atoms with van der Waals surface area (Å²) in [6.07, 6.45) is 3.34. The maximum atomic E-state index is 12.2. The number of rotatable bonds is 2. The van der Waals surface area contributed by atoms with Crippen molar-refractivity contribution >= 4 is 17.3 Å². The second-order valence-corrected chi connectivity index (χ2v) is 5.53. The molecule has 2 unspecified atom stereocenters. The number of nitrogens with two attached hydrogens (primary N) is 1. The van der Waals surface area contributed by atoms with E-state index in [9.17, 15) is 4.79 Å². The molecular weight excluding hydrogens is 224 g/mol. The first-order valence-electron chi connectivity index (χ1n) is 6.66.